The van der Waals surface area contributed by atoms with E-state index in [2.05, 4.69) is 10.4 Å². The minimum absolute atomic E-state index is 0.0910. The molecule has 0 spiro atoms. The number of para-hydroxylation sites is 1. The summed E-state index contributed by atoms with van der Waals surface area (Å²) in [6.45, 7) is 2.26. The number of nitrogens with two attached hydrogens (primary N) is 2. The fraction of sp³-hybridized carbons (Fsp3) is 0.167. The number of benzene rings is 1. The summed E-state index contributed by atoms with van der Waals surface area (Å²) >= 11 is 0. The van der Waals surface area contributed by atoms with Gasteiger partial charge >= 0.3 is 0 Å². The van der Waals surface area contributed by atoms with Gasteiger partial charge in [0.2, 0.25) is 10.0 Å². The first-order valence-corrected chi connectivity index (χ1v) is 7.63. The van der Waals surface area contributed by atoms with Crippen LogP contribution in [0.4, 0.5) is 11.4 Å². The quantitative estimate of drug-likeness (QED) is 0.751. The van der Waals surface area contributed by atoms with Crippen LogP contribution in [0.15, 0.2) is 35.4 Å². The SMILES string of the molecule is CCn1ncc(N)c1C(=O)Nc1ccccc1S(N)(=O)=O. The molecule has 2 aromatic rings. The van der Waals surface area contributed by atoms with Crippen molar-refractivity contribution in [2.75, 3.05) is 11.1 Å². The van der Waals surface area contributed by atoms with E-state index in [9.17, 15) is 13.2 Å². The van der Waals surface area contributed by atoms with Crippen molar-refractivity contribution >= 4 is 27.3 Å². The number of nitrogen functional groups attached to an aromatic ring is 1. The molecule has 2 rings (SSSR count). The molecule has 8 nitrogen and oxygen atoms in total. The zero-order chi connectivity index (χ0) is 15.6. The molecule has 0 fully saturated rings. The van der Waals surface area contributed by atoms with Crippen molar-refractivity contribution in [2.24, 2.45) is 5.14 Å². The molecule has 1 aromatic carbocycles. The fourth-order valence-electron chi connectivity index (χ4n) is 1.89. The Morgan fingerprint density at radius 3 is 2.67 bits per heavy atom. The highest BCUT2D eigenvalue weighted by atomic mass is 32.2. The standard InChI is InChI=1S/C12H15N5O3S/c1-2-17-11(8(13)7-15-17)12(18)16-9-5-3-4-6-10(9)21(14,19)20/h3-7H,2,13H2,1H3,(H,16,18)(H2,14,19,20). The van der Waals surface area contributed by atoms with Crippen molar-refractivity contribution in [1.29, 1.82) is 0 Å². The molecule has 112 valence electrons. The molecule has 0 radical (unpaired) electrons. The predicted octanol–water partition coefficient (Wildman–Crippen LogP) is 0.385. The second-order valence-electron chi connectivity index (χ2n) is 4.26. The number of amides is 1. The van der Waals surface area contributed by atoms with Crippen LogP contribution in [0.5, 0.6) is 0 Å². The Bertz CT molecular complexity index is 782. The van der Waals surface area contributed by atoms with Gasteiger partial charge in [-0.1, -0.05) is 12.1 Å². The Labute approximate surface area is 121 Å². The third-order valence-electron chi connectivity index (χ3n) is 2.82. The molecule has 0 saturated carbocycles. The Morgan fingerprint density at radius 2 is 2.05 bits per heavy atom. The van der Waals surface area contributed by atoms with Crippen molar-refractivity contribution in [3.63, 3.8) is 0 Å². The van der Waals surface area contributed by atoms with Gasteiger partial charge in [-0.2, -0.15) is 5.10 Å². The van der Waals surface area contributed by atoms with E-state index in [0.717, 1.165) is 0 Å². The molecule has 1 heterocycles. The molecule has 0 aliphatic rings. The molecule has 0 saturated heterocycles. The zero-order valence-corrected chi connectivity index (χ0v) is 12.1. The predicted molar refractivity (Wildman–Crippen MR) is 78.1 cm³/mol. The summed E-state index contributed by atoms with van der Waals surface area (Å²) in [5.74, 6) is -0.553. The zero-order valence-electron chi connectivity index (χ0n) is 11.3. The summed E-state index contributed by atoms with van der Waals surface area (Å²) in [5.41, 5.74) is 6.18. The van der Waals surface area contributed by atoms with Gasteiger partial charge in [0.05, 0.1) is 17.6 Å². The molecular formula is C12H15N5O3S. The van der Waals surface area contributed by atoms with Crippen LogP contribution in [-0.4, -0.2) is 24.1 Å². The minimum atomic E-state index is -3.94. The van der Waals surface area contributed by atoms with E-state index < -0.39 is 15.9 Å². The van der Waals surface area contributed by atoms with E-state index in [1.54, 1.807) is 6.07 Å². The van der Waals surface area contributed by atoms with E-state index in [4.69, 9.17) is 10.9 Å². The van der Waals surface area contributed by atoms with Crippen LogP contribution in [0.1, 0.15) is 17.4 Å². The number of carbonyl (C=O) groups excluding carboxylic acids is 1. The van der Waals surface area contributed by atoms with E-state index in [1.165, 1.54) is 29.1 Å². The molecule has 0 aliphatic carbocycles. The lowest BCUT2D eigenvalue weighted by atomic mass is 10.3. The number of primary sulfonamides is 1. The monoisotopic (exact) mass is 309 g/mol. The van der Waals surface area contributed by atoms with Gasteiger partial charge < -0.3 is 11.1 Å². The summed E-state index contributed by atoms with van der Waals surface area (Å²) in [5, 5.41) is 11.6. The molecule has 21 heavy (non-hydrogen) atoms. The van der Waals surface area contributed by atoms with E-state index in [1.807, 2.05) is 6.92 Å². The molecule has 1 amide bonds. The van der Waals surface area contributed by atoms with E-state index in [0.29, 0.717) is 6.54 Å². The van der Waals surface area contributed by atoms with Crippen LogP contribution < -0.4 is 16.2 Å². The molecule has 9 heteroatoms. The summed E-state index contributed by atoms with van der Waals surface area (Å²) < 4.78 is 24.4. The minimum Gasteiger partial charge on any atom is -0.396 e. The first-order valence-electron chi connectivity index (χ1n) is 6.09. The maximum Gasteiger partial charge on any atom is 0.276 e. The Morgan fingerprint density at radius 1 is 1.38 bits per heavy atom. The summed E-state index contributed by atoms with van der Waals surface area (Å²) in [7, 11) is -3.94. The maximum absolute atomic E-state index is 12.3. The van der Waals surface area contributed by atoms with Crippen molar-refractivity contribution in [3.8, 4) is 0 Å². The Balaban J connectivity index is 2.39. The summed E-state index contributed by atoms with van der Waals surface area (Å²) in [6, 6.07) is 5.86. The number of anilines is 2. The van der Waals surface area contributed by atoms with Gasteiger partial charge in [-0.15, -0.1) is 0 Å². The average molecular weight is 309 g/mol. The summed E-state index contributed by atoms with van der Waals surface area (Å²) in [6.07, 6.45) is 1.37. The lowest BCUT2D eigenvalue weighted by Gasteiger charge is -2.10. The van der Waals surface area contributed by atoms with Crippen LogP contribution >= 0.6 is 0 Å². The van der Waals surface area contributed by atoms with Crippen LogP contribution in [-0.2, 0) is 16.6 Å². The first-order chi connectivity index (χ1) is 9.84. The molecule has 1 aromatic heterocycles. The van der Waals surface area contributed by atoms with Crippen molar-refractivity contribution in [3.05, 3.63) is 36.2 Å². The van der Waals surface area contributed by atoms with Gasteiger partial charge in [-0.05, 0) is 19.1 Å². The largest absolute Gasteiger partial charge is 0.396 e. The van der Waals surface area contributed by atoms with Gasteiger partial charge in [0.1, 0.15) is 10.6 Å². The number of aromatic nitrogens is 2. The fourth-order valence-corrected chi connectivity index (χ4v) is 2.58. The summed E-state index contributed by atoms with van der Waals surface area (Å²) in [4.78, 5) is 12.1. The van der Waals surface area contributed by atoms with E-state index >= 15 is 0 Å². The molecule has 0 unspecified atom stereocenters. The van der Waals surface area contributed by atoms with Crippen molar-refractivity contribution in [1.82, 2.24) is 9.78 Å². The highest BCUT2D eigenvalue weighted by Gasteiger charge is 2.20. The van der Waals surface area contributed by atoms with Crippen LogP contribution in [0.2, 0.25) is 0 Å². The number of nitrogens with one attached hydrogen (secondary N) is 1. The lowest BCUT2D eigenvalue weighted by Crippen LogP contribution is -2.21. The van der Waals surface area contributed by atoms with Gasteiger partial charge in [0.15, 0.2) is 0 Å². The molecule has 0 atom stereocenters. The number of hydrogen-bond acceptors (Lipinski definition) is 5. The third kappa shape index (κ3) is 3.03. The van der Waals surface area contributed by atoms with Crippen molar-refractivity contribution < 1.29 is 13.2 Å². The smallest absolute Gasteiger partial charge is 0.276 e. The normalized spacial score (nSPS) is 11.3. The van der Waals surface area contributed by atoms with Crippen LogP contribution in [0, 0.1) is 0 Å². The third-order valence-corrected chi connectivity index (χ3v) is 3.79. The molecule has 5 N–H and O–H groups in total. The van der Waals surface area contributed by atoms with Gasteiger partial charge in [0.25, 0.3) is 5.91 Å². The lowest BCUT2D eigenvalue weighted by molar-refractivity contribution is 0.101. The number of carbonyl (C=O) groups is 1. The average Bonchev–Trinajstić information content (AvgIpc) is 2.79. The van der Waals surface area contributed by atoms with Crippen LogP contribution in [0.3, 0.4) is 0 Å². The van der Waals surface area contributed by atoms with E-state index in [-0.39, 0.29) is 22.0 Å². The first kappa shape index (κ1) is 15.0. The Kier molecular flexibility index (Phi) is 3.96. The molecule has 0 aliphatic heterocycles. The number of nitrogens with zero attached hydrogens (tertiary/aromatic N) is 2. The maximum atomic E-state index is 12.3. The second kappa shape index (κ2) is 5.54. The second-order valence-corrected chi connectivity index (χ2v) is 5.79. The van der Waals surface area contributed by atoms with Gasteiger partial charge in [-0.3, -0.25) is 9.48 Å². The number of aryl methyl sites for hydroxylation is 1. The Hall–Kier alpha value is -2.39. The van der Waals surface area contributed by atoms with Crippen molar-refractivity contribution in [2.45, 2.75) is 18.4 Å². The topological polar surface area (TPSA) is 133 Å². The molecular weight excluding hydrogens is 294 g/mol. The van der Waals surface area contributed by atoms with Gasteiger partial charge in [-0.25, -0.2) is 13.6 Å². The number of hydrogen-bond donors (Lipinski definition) is 3. The highest BCUT2D eigenvalue weighted by molar-refractivity contribution is 7.89. The molecule has 0 bridgehead atoms. The van der Waals surface area contributed by atoms with Crippen LogP contribution in [0.25, 0.3) is 0 Å². The number of rotatable bonds is 4. The van der Waals surface area contributed by atoms with Gasteiger partial charge in [0, 0.05) is 6.54 Å². The highest BCUT2D eigenvalue weighted by Crippen LogP contribution is 2.21. The number of sulfonamides is 1.